The van der Waals surface area contributed by atoms with Crippen LogP contribution in [-0.4, -0.2) is 0 Å². The number of benzene rings is 2. The van der Waals surface area contributed by atoms with Gasteiger partial charge in [0, 0.05) is 5.56 Å². The van der Waals surface area contributed by atoms with Crippen molar-refractivity contribution in [1.29, 1.82) is 0 Å². The molecule has 5 heteroatoms. The minimum Gasteiger partial charge on any atom is -0.271 e. The van der Waals surface area contributed by atoms with Crippen LogP contribution in [-0.2, 0) is 0 Å². The molecule has 1 unspecified atom stereocenters. The Bertz CT molecular complexity index is 641. The van der Waals surface area contributed by atoms with Crippen LogP contribution in [0.15, 0.2) is 30.3 Å². The first-order valence-electron chi connectivity index (χ1n) is 6.12. The third-order valence-corrected chi connectivity index (χ3v) is 3.29. The Balaban J connectivity index is 2.58. The van der Waals surface area contributed by atoms with E-state index in [1.165, 1.54) is 30.3 Å². The molecular formula is C15H15F3N2. The van der Waals surface area contributed by atoms with Gasteiger partial charge in [-0.05, 0) is 42.7 Å². The average Bonchev–Trinajstić information content (AvgIpc) is 2.42. The van der Waals surface area contributed by atoms with E-state index in [0.717, 1.165) is 0 Å². The number of aryl methyl sites for hydroxylation is 2. The standard InChI is InChI=1S/C15H15F3N2/c1-8-3-5-12(17)13(14(8)18)15(20-19)10-4-6-11(16)9(2)7-10/h3-7,15,20H,19H2,1-2H3. The first-order chi connectivity index (χ1) is 9.45. The van der Waals surface area contributed by atoms with Gasteiger partial charge in [-0.2, -0.15) is 0 Å². The molecule has 0 bridgehead atoms. The maximum Gasteiger partial charge on any atom is 0.134 e. The second-order valence-corrected chi connectivity index (χ2v) is 4.70. The number of halogens is 3. The summed E-state index contributed by atoms with van der Waals surface area (Å²) in [5.41, 5.74) is 3.42. The molecule has 2 nitrogen and oxygen atoms in total. The Labute approximate surface area is 115 Å². The lowest BCUT2D eigenvalue weighted by Crippen LogP contribution is -2.30. The summed E-state index contributed by atoms with van der Waals surface area (Å²) in [4.78, 5) is 0. The van der Waals surface area contributed by atoms with Crippen molar-refractivity contribution in [3.8, 4) is 0 Å². The summed E-state index contributed by atoms with van der Waals surface area (Å²) in [7, 11) is 0. The summed E-state index contributed by atoms with van der Waals surface area (Å²) in [6.07, 6.45) is 0. The number of hydrogen-bond donors (Lipinski definition) is 2. The van der Waals surface area contributed by atoms with E-state index in [1.54, 1.807) is 13.8 Å². The molecule has 0 fully saturated rings. The zero-order chi connectivity index (χ0) is 14.9. The van der Waals surface area contributed by atoms with Gasteiger partial charge in [0.25, 0.3) is 0 Å². The highest BCUT2D eigenvalue weighted by molar-refractivity contribution is 5.38. The summed E-state index contributed by atoms with van der Waals surface area (Å²) in [5.74, 6) is 3.70. The van der Waals surface area contributed by atoms with E-state index in [2.05, 4.69) is 5.43 Å². The molecule has 0 spiro atoms. The van der Waals surface area contributed by atoms with Crippen molar-refractivity contribution in [2.24, 2.45) is 5.84 Å². The molecule has 0 aromatic heterocycles. The fraction of sp³-hybridized carbons (Fsp3) is 0.200. The van der Waals surface area contributed by atoms with E-state index in [0.29, 0.717) is 16.7 Å². The first kappa shape index (κ1) is 14.6. The third kappa shape index (κ3) is 2.55. The van der Waals surface area contributed by atoms with Crippen LogP contribution in [0, 0.1) is 31.3 Å². The van der Waals surface area contributed by atoms with E-state index in [-0.39, 0.29) is 11.4 Å². The molecule has 3 N–H and O–H groups in total. The van der Waals surface area contributed by atoms with E-state index >= 15 is 0 Å². The predicted octanol–water partition coefficient (Wildman–Crippen LogP) is 3.27. The highest BCUT2D eigenvalue weighted by atomic mass is 19.1. The van der Waals surface area contributed by atoms with Crippen LogP contribution >= 0.6 is 0 Å². The zero-order valence-corrected chi connectivity index (χ0v) is 11.2. The number of nitrogens with one attached hydrogen (secondary N) is 1. The van der Waals surface area contributed by atoms with E-state index in [9.17, 15) is 13.2 Å². The number of nitrogens with two attached hydrogens (primary N) is 1. The van der Waals surface area contributed by atoms with Gasteiger partial charge in [0.1, 0.15) is 17.5 Å². The molecule has 2 aromatic carbocycles. The van der Waals surface area contributed by atoms with Gasteiger partial charge in [-0.1, -0.05) is 18.2 Å². The number of hydrazine groups is 1. The second kappa shape index (κ2) is 5.64. The van der Waals surface area contributed by atoms with Crippen LogP contribution < -0.4 is 11.3 Å². The summed E-state index contributed by atoms with van der Waals surface area (Å²) in [5, 5.41) is 0. The third-order valence-electron chi connectivity index (χ3n) is 3.29. The Morgan fingerprint density at radius 2 is 1.60 bits per heavy atom. The van der Waals surface area contributed by atoms with Crippen molar-refractivity contribution < 1.29 is 13.2 Å². The molecule has 0 radical (unpaired) electrons. The van der Waals surface area contributed by atoms with Crippen LogP contribution in [0.1, 0.15) is 28.3 Å². The number of hydrogen-bond acceptors (Lipinski definition) is 2. The van der Waals surface area contributed by atoms with Crippen molar-refractivity contribution in [1.82, 2.24) is 5.43 Å². The van der Waals surface area contributed by atoms with Crippen molar-refractivity contribution in [3.05, 3.63) is 70.0 Å². The minimum atomic E-state index is -0.880. The normalized spacial score (nSPS) is 12.5. The Morgan fingerprint density at radius 1 is 0.950 bits per heavy atom. The van der Waals surface area contributed by atoms with Crippen LogP contribution in [0.25, 0.3) is 0 Å². The second-order valence-electron chi connectivity index (χ2n) is 4.70. The summed E-state index contributed by atoms with van der Waals surface area (Å²) >= 11 is 0. The largest absolute Gasteiger partial charge is 0.271 e. The van der Waals surface area contributed by atoms with Crippen LogP contribution in [0.5, 0.6) is 0 Å². The summed E-state index contributed by atoms with van der Waals surface area (Å²) < 4.78 is 41.4. The van der Waals surface area contributed by atoms with Crippen LogP contribution in [0.3, 0.4) is 0 Å². The molecule has 0 amide bonds. The molecule has 0 aliphatic heterocycles. The highest BCUT2D eigenvalue weighted by Crippen LogP contribution is 2.28. The molecule has 0 heterocycles. The maximum atomic E-state index is 14.2. The Morgan fingerprint density at radius 3 is 2.20 bits per heavy atom. The first-order valence-corrected chi connectivity index (χ1v) is 6.12. The van der Waals surface area contributed by atoms with Crippen molar-refractivity contribution in [2.45, 2.75) is 19.9 Å². The average molecular weight is 280 g/mol. The molecule has 2 aromatic rings. The highest BCUT2D eigenvalue weighted by Gasteiger charge is 2.22. The van der Waals surface area contributed by atoms with Gasteiger partial charge in [0.05, 0.1) is 6.04 Å². The van der Waals surface area contributed by atoms with Crippen LogP contribution in [0.2, 0.25) is 0 Å². The lowest BCUT2D eigenvalue weighted by atomic mass is 9.95. The zero-order valence-electron chi connectivity index (χ0n) is 11.2. The van der Waals surface area contributed by atoms with Gasteiger partial charge in [-0.3, -0.25) is 5.84 Å². The molecule has 0 aliphatic carbocycles. The van der Waals surface area contributed by atoms with E-state index in [1.807, 2.05) is 0 Å². The van der Waals surface area contributed by atoms with E-state index in [4.69, 9.17) is 5.84 Å². The molecule has 20 heavy (non-hydrogen) atoms. The van der Waals surface area contributed by atoms with E-state index < -0.39 is 17.7 Å². The fourth-order valence-corrected chi connectivity index (χ4v) is 2.14. The van der Waals surface area contributed by atoms with Gasteiger partial charge < -0.3 is 0 Å². The van der Waals surface area contributed by atoms with Gasteiger partial charge in [0.2, 0.25) is 0 Å². The predicted molar refractivity (Wildman–Crippen MR) is 71.4 cm³/mol. The van der Waals surface area contributed by atoms with Crippen LogP contribution in [0.4, 0.5) is 13.2 Å². The quantitative estimate of drug-likeness (QED) is 0.669. The van der Waals surface area contributed by atoms with Gasteiger partial charge >= 0.3 is 0 Å². The maximum absolute atomic E-state index is 14.2. The number of rotatable bonds is 3. The lowest BCUT2D eigenvalue weighted by Gasteiger charge is -2.19. The van der Waals surface area contributed by atoms with Crippen molar-refractivity contribution >= 4 is 0 Å². The van der Waals surface area contributed by atoms with Gasteiger partial charge in [-0.15, -0.1) is 0 Å². The summed E-state index contributed by atoms with van der Waals surface area (Å²) in [6, 6.07) is 5.89. The lowest BCUT2D eigenvalue weighted by molar-refractivity contribution is 0.506. The van der Waals surface area contributed by atoms with Gasteiger partial charge in [-0.25, -0.2) is 18.6 Å². The smallest absolute Gasteiger partial charge is 0.134 e. The Kier molecular flexibility index (Phi) is 4.11. The van der Waals surface area contributed by atoms with Gasteiger partial charge in [0.15, 0.2) is 0 Å². The molecule has 0 saturated heterocycles. The molecular weight excluding hydrogens is 265 g/mol. The SMILES string of the molecule is Cc1cc(C(NN)c2c(F)ccc(C)c2F)ccc1F. The monoisotopic (exact) mass is 280 g/mol. The van der Waals surface area contributed by atoms with Crippen molar-refractivity contribution in [3.63, 3.8) is 0 Å². The summed E-state index contributed by atoms with van der Waals surface area (Å²) in [6.45, 7) is 3.12. The van der Waals surface area contributed by atoms with Crippen molar-refractivity contribution in [2.75, 3.05) is 0 Å². The molecule has 1 atom stereocenters. The molecule has 0 aliphatic rings. The molecule has 2 rings (SSSR count). The fourth-order valence-electron chi connectivity index (χ4n) is 2.14. The minimum absolute atomic E-state index is 0.168. The Hall–Kier alpha value is -1.85. The molecule has 0 saturated carbocycles. The topological polar surface area (TPSA) is 38.0 Å². The molecule has 106 valence electrons.